The fourth-order valence-electron chi connectivity index (χ4n) is 11.8. The molecule has 0 spiro atoms. The molecule has 0 unspecified atom stereocenters. The number of benzene rings is 12. The minimum Gasteiger partial charge on any atom is -0.616 e. The molecule has 0 aliphatic heterocycles. The zero-order chi connectivity index (χ0) is 78.6. The Balaban J connectivity index is 0.000000125. The first-order valence-electron chi connectivity index (χ1n) is 36.9. The molecular formula is C94H77Al5N5O10. The minimum atomic E-state index is -0.680. The van der Waals surface area contributed by atoms with Gasteiger partial charge in [0.2, 0.25) is 0 Å². The van der Waals surface area contributed by atoms with Gasteiger partial charge in [-0.05, 0) is 192 Å². The van der Waals surface area contributed by atoms with Gasteiger partial charge in [-0.25, -0.2) is 24.9 Å². The van der Waals surface area contributed by atoms with E-state index >= 15 is 0 Å². The van der Waals surface area contributed by atoms with Crippen LogP contribution >= 0.6 is 0 Å². The SMILES string of the molecule is Cc1ccc([O][Al][O]c2cccc3ccc(C)nc23)cc1.Cc1ccc2cccc([O][Al][O]c3ccc(-c4ccccc4)cc3)c2n1.Cc1ccc2cccc([O][Al][O]c3cccc(-c4ccccc4)c3)c2n1.Cc1ccc2cccc([O][Al][O]c3ccccc3)c2n1.Cc1ccc2cccc([O][Al][O]c3ccccc3C)c2n1. The Bertz CT molecular complexity index is 5990. The lowest BCUT2D eigenvalue weighted by Crippen LogP contribution is -2.12. The first-order valence-corrected chi connectivity index (χ1v) is 41.6. The van der Waals surface area contributed by atoms with E-state index in [1.54, 1.807) is 0 Å². The van der Waals surface area contributed by atoms with Gasteiger partial charge in [0.05, 0.1) is 28.7 Å². The van der Waals surface area contributed by atoms with Crippen molar-refractivity contribution in [3.63, 3.8) is 0 Å². The second-order valence-electron chi connectivity index (χ2n) is 26.2. The Hall–Kier alpha value is -11.6. The van der Waals surface area contributed by atoms with Gasteiger partial charge in [0, 0.05) is 55.4 Å². The summed E-state index contributed by atoms with van der Waals surface area (Å²) in [6.45, 7) is 14.0. The van der Waals surface area contributed by atoms with Crippen molar-refractivity contribution in [2.45, 2.75) is 48.5 Å². The van der Waals surface area contributed by atoms with Crippen molar-refractivity contribution in [2.75, 3.05) is 0 Å². The number of nitrogens with zero attached hydrogens (tertiary/aromatic N) is 5. The topological polar surface area (TPSA) is 157 Å². The summed E-state index contributed by atoms with van der Waals surface area (Å²) in [4.78, 5) is 22.8. The number of rotatable bonds is 22. The molecule has 17 rings (SSSR count). The summed E-state index contributed by atoms with van der Waals surface area (Å²) >= 11 is -3.19. The summed E-state index contributed by atoms with van der Waals surface area (Å²) in [5.41, 5.74) is 16.3. The van der Waals surface area contributed by atoms with Gasteiger partial charge in [-0.15, -0.1) is 0 Å². The number of hydrogen-bond acceptors (Lipinski definition) is 15. The molecule has 20 heteroatoms. The van der Waals surface area contributed by atoms with Crippen molar-refractivity contribution in [3.05, 3.63) is 379 Å². The Morgan fingerprint density at radius 2 is 0.439 bits per heavy atom. The van der Waals surface area contributed by atoms with Crippen molar-refractivity contribution in [1.82, 2.24) is 24.9 Å². The molecule has 0 atom stereocenters. The molecule has 0 aliphatic carbocycles. The lowest BCUT2D eigenvalue weighted by Gasteiger charge is -2.12. The lowest BCUT2D eigenvalue weighted by molar-refractivity contribution is 0.459. The van der Waals surface area contributed by atoms with Gasteiger partial charge in [-0.2, -0.15) is 0 Å². The largest absolute Gasteiger partial charge is 0.881 e. The summed E-state index contributed by atoms with van der Waals surface area (Å²) in [7, 11) is 0. The predicted molar refractivity (Wildman–Crippen MR) is 460 cm³/mol. The molecule has 0 aliphatic rings. The van der Waals surface area contributed by atoms with Crippen LogP contribution in [0, 0.1) is 48.5 Å². The van der Waals surface area contributed by atoms with Gasteiger partial charge >= 0.3 is 79.4 Å². The van der Waals surface area contributed by atoms with Crippen molar-refractivity contribution in [3.8, 4) is 79.7 Å². The number of pyridine rings is 5. The van der Waals surface area contributed by atoms with E-state index in [1.165, 1.54) is 22.3 Å². The monoisotopic (exact) mass is 1570 g/mol. The molecule has 5 aromatic heterocycles. The Kier molecular flexibility index (Phi) is 29.1. The van der Waals surface area contributed by atoms with E-state index in [4.69, 9.17) is 37.9 Å². The van der Waals surface area contributed by atoms with E-state index in [9.17, 15) is 0 Å². The van der Waals surface area contributed by atoms with Crippen LogP contribution in [0.5, 0.6) is 57.5 Å². The molecule has 553 valence electrons. The van der Waals surface area contributed by atoms with E-state index in [1.807, 2.05) is 308 Å². The quantitative estimate of drug-likeness (QED) is 0.0590. The van der Waals surface area contributed by atoms with E-state index in [0.717, 1.165) is 152 Å². The Labute approximate surface area is 698 Å². The highest BCUT2D eigenvalue weighted by Crippen LogP contribution is 2.31. The van der Waals surface area contributed by atoms with Crippen molar-refractivity contribution < 1.29 is 37.9 Å². The molecule has 114 heavy (non-hydrogen) atoms. The molecule has 0 bridgehead atoms. The third kappa shape index (κ3) is 23.3. The molecule has 0 N–H and O–H groups in total. The van der Waals surface area contributed by atoms with Crippen LogP contribution < -0.4 is 37.9 Å². The van der Waals surface area contributed by atoms with Crippen LogP contribution in [0.4, 0.5) is 0 Å². The van der Waals surface area contributed by atoms with Crippen LogP contribution in [-0.4, -0.2) is 104 Å². The Morgan fingerprint density at radius 3 is 0.807 bits per heavy atom. The summed E-state index contributed by atoms with van der Waals surface area (Å²) in [5.74, 6) is 8.01. The molecule has 0 saturated carbocycles. The molecular weight excluding hydrogens is 1490 g/mol. The molecule has 0 fully saturated rings. The summed E-state index contributed by atoms with van der Waals surface area (Å²) in [5, 5.41) is 5.37. The van der Waals surface area contributed by atoms with Crippen molar-refractivity contribution >= 4 is 134 Å². The second-order valence-corrected chi connectivity index (χ2v) is 29.6. The zero-order valence-electron chi connectivity index (χ0n) is 64.0. The molecule has 15 nitrogen and oxygen atoms in total. The third-order valence-corrected chi connectivity index (χ3v) is 21.2. The molecule has 5 heterocycles. The maximum Gasteiger partial charge on any atom is 0.881 e. The summed E-state index contributed by atoms with van der Waals surface area (Å²) in [6.07, 6.45) is 0. The minimum absolute atomic E-state index is 0.609. The first-order chi connectivity index (χ1) is 55.9. The average molecular weight is 1570 g/mol. The summed E-state index contributed by atoms with van der Waals surface area (Å²) < 4.78 is 58.0. The van der Waals surface area contributed by atoms with Crippen molar-refractivity contribution in [1.29, 1.82) is 0 Å². The number of para-hydroxylation sites is 7. The fourth-order valence-corrected chi connectivity index (χ4v) is 14.9. The van der Waals surface area contributed by atoms with E-state index in [-0.39, 0.29) is 0 Å². The number of aromatic nitrogens is 5. The first kappa shape index (κ1) is 80.4. The van der Waals surface area contributed by atoms with E-state index in [0.29, 0.717) is 0 Å². The number of hydrogen-bond donors (Lipinski definition) is 0. The van der Waals surface area contributed by atoms with Gasteiger partial charge in [0.1, 0.15) is 56.3 Å². The van der Waals surface area contributed by atoms with E-state index in [2.05, 4.69) is 105 Å². The smallest absolute Gasteiger partial charge is 0.616 e. The molecule has 12 aromatic carbocycles. The van der Waals surface area contributed by atoms with Crippen LogP contribution in [0.3, 0.4) is 0 Å². The maximum absolute atomic E-state index is 5.92. The summed E-state index contributed by atoms with van der Waals surface area (Å²) in [6, 6.07) is 112. The Morgan fingerprint density at radius 1 is 0.184 bits per heavy atom. The molecule has 5 radical (unpaired) electrons. The van der Waals surface area contributed by atoms with Gasteiger partial charge in [-0.3, -0.25) is 0 Å². The molecule has 17 aromatic rings. The van der Waals surface area contributed by atoms with Gasteiger partial charge in [0.15, 0.2) is 0 Å². The highest BCUT2D eigenvalue weighted by atomic mass is 27.2. The van der Waals surface area contributed by atoms with Crippen LogP contribution in [0.1, 0.15) is 39.6 Å². The lowest BCUT2D eigenvalue weighted by atomic mass is 10.1. The fraction of sp³-hybridized carbons (Fsp3) is 0.0745. The van der Waals surface area contributed by atoms with Gasteiger partial charge in [-0.1, -0.05) is 230 Å². The number of aryl methyl sites for hydroxylation is 7. The van der Waals surface area contributed by atoms with Crippen molar-refractivity contribution in [2.24, 2.45) is 0 Å². The molecule has 0 amide bonds. The van der Waals surface area contributed by atoms with E-state index < -0.39 is 79.4 Å². The van der Waals surface area contributed by atoms with Gasteiger partial charge < -0.3 is 37.9 Å². The second kappa shape index (κ2) is 41.2. The van der Waals surface area contributed by atoms with Gasteiger partial charge in [0.25, 0.3) is 0 Å². The van der Waals surface area contributed by atoms with Crippen LogP contribution in [0.15, 0.2) is 340 Å². The number of fused-ring (bicyclic) bond motifs is 5. The standard InChI is InChI=1S/2C12H10O.5C10H9NO.2C7H8O.C6H6O.5Al/c13-12-8-4-7-11(9-12)10-5-2-1-3-6-10;13-12-8-6-11(7-9-12)10-4-2-1-3-5-10;5*1-7-5-6-8-3-2-4-9(12)10(8)11-7;1-6-2-4-7(8)5-3-6;1-6-4-2-3-5-7(6)8;7-6-4-2-1-3-5-6;;;;;/h2*1-9,13H;5*2-6,12H,1H3;2*2-5,8H,1H3;1-5,7H;;;;;/q;;;;;;;;;;5*+2/p-10. The van der Waals surface area contributed by atoms with Crippen LogP contribution in [-0.2, 0) is 0 Å². The van der Waals surface area contributed by atoms with Crippen LogP contribution in [0.25, 0.3) is 76.8 Å². The average Bonchev–Trinajstić information content (AvgIpc) is 0.837. The normalized spacial score (nSPS) is 10.4. The third-order valence-electron chi connectivity index (χ3n) is 17.7. The predicted octanol–water partition coefficient (Wildman–Crippen LogP) is 21.6. The highest BCUT2D eigenvalue weighted by Gasteiger charge is 2.16. The van der Waals surface area contributed by atoms with Crippen LogP contribution in [0.2, 0.25) is 0 Å². The zero-order valence-corrected chi connectivity index (χ0v) is 69.8. The molecule has 0 saturated heterocycles. The maximum atomic E-state index is 5.92. The highest BCUT2D eigenvalue weighted by molar-refractivity contribution is 6.23.